The molecule has 0 spiro atoms. The second-order valence-corrected chi connectivity index (χ2v) is 5.51. The SMILES string of the molecule is COC(=O)CCCOc1ccc(CNC(=O)C2(N)CC2)cc1. The Balaban J connectivity index is 1.68. The summed E-state index contributed by atoms with van der Waals surface area (Å²) in [7, 11) is 1.37. The number of carbonyl (C=O) groups is 2. The number of esters is 1. The van der Waals surface area contributed by atoms with Crippen molar-refractivity contribution < 1.29 is 19.1 Å². The highest BCUT2D eigenvalue weighted by molar-refractivity contribution is 5.88. The summed E-state index contributed by atoms with van der Waals surface area (Å²) in [5, 5.41) is 2.84. The molecule has 1 amide bonds. The molecule has 6 nitrogen and oxygen atoms in total. The van der Waals surface area contributed by atoms with Crippen LogP contribution in [0.1, 0.15) is 31.2 Å². The van der Waals surface area contributed by atoms with Gasteiger partial charge in [0.05, 0.1) is 19.3 Å². The van der Waals surface area contributed by atoms with Crippen LogP contribution in [0.3, 0.4) is 0 Å². The summed E-state index contributed by atoms with van der Waals surface area (Å²) in [6.45, 7) is 0.918. The summed E-state index contributed by atoms with van der Waals surface area (Å²) in [4.78, 5) is 22.7. The van der Waals surface area contributed by atoms with Crippen LogP contribution in [-0.2, 0) is 20.9 Å². The zero-order chi connectivity index (χ0) is 16.0. The fraction of sp³-hybridized carbons (Fsp3) is 0.500. The first-order chi connectivity index (χ1) is 10.5. The topological polar surface area (TPSA) is 90.6 Å². The van der Waals surface area contributed by atoms with Gasteiger partial charge in [0, 0.05) is 13.0 Å². The van der Waals surface area contributed by atoms with Crippen molar-refractivity contribution in [2.24, 2.45) is 5.73 Å². The molecule has 1 aromatic carbocycles. The van der Waals surface area contributed by atoms with E-state index in [2.05, 4.69) is 10.1 Å². The van der Waals surface area contributed by atoms with Crippen molar-refractivity contribution >= 4 is 11.9 Å². The van der Waals surface area contributed by atoms with Gasteiger partial charge in [-0.25, -0.2) is 0 Å². The lowest BCUT2D eigenvalue weighted by Crippen LogP contribution is -2.42. The molecule has 22 heavy (non-hydrogen) atoms. The second-order valence-electron chi connectivity index (χ2n) is 5.51. The van der Waals surface area contributed by atoms with E-state index in [0.717, 1.165) is 24.2 Å². The maximum absolute atomic E-state index is 11.7. The molecule has 6 heteroatoms. The van der Waals surface area contributed by atoms with E-state index in [1.54, 1.807) is 0 Å². The van der Waals surface area contributed by atoms with Gasteiger partial charge in [-0.05, 0) is 37.0 Å². The van der Waals surface area contributed by atoms with Crippen molar-refractivity contribution in [2.75, 3.05) is 13.7 Å². The van der Waals surface area contributed by atoms with Crippen LogP contribution in [-0.4, -0.2) is 31.1 Å². The van der Waals surface area contributed by atoms with E-state index >= 15 is 0 Å². The van der Waals surface area contributed by atoms with Crippen LogP contribution in [0.25, 0.3) is 0 Å². The smallest absolute Gasteiger partial charge is 0.305 e. The molecule has 2 rings (SSSR count). The number of nitrogens with two attached hydrogens (primary N) is 1. The first-order valence-electron chi connectivity index (χ1n) is 7.39. The molecule has 1 fully saturated rings. The highest BCUT2D eigenvalue weighted by Gasteiger charge is 2.45. The lowest BCUT2D eigenvalue weighted by atomic mass is 10.2. The number of nitrogens with one attached hydrogen (secondary N) is 1. The molecule has 0 saturated heterocycles. The van der Waals surface area contributed by atoms with Crippen LogP contribution < -0.4 is 15.8 Å². The quantitative estimate of drug-likeness (QED) is 0.555. The average molecular weight is 306 g/mol. The fourth-order valence-electron chi connectivity index (χ4n) is 1.93. The number of ether oxygens (including phenoxy) is 2. The van der Waals surface area contributed by atoms with Gasteiger partial charge in [-0.1, -0.05) is 12.1 Å². The molecule has 1 aliphatic rings. The molecule has 0 atom stereocenters. The zero-order valence-corrected chi connectivity index (χ0v) is 12.8. The van der Waals surface area contributed by atoms with Crippen molar-refractivity contribution in [1.29, 1.82) is 0 Å². The Morgan fingerprint density at radius 3 is 2.55 bits per heavy atom. The molecule has 0 radical (unpaired) electrons. The molecule has 3 N–H and O–H groups in total. The van der Waals surface area contributed by atoms with Crippen molar-refractivity contribution in [3.63, 3.8) is 0 Å². The molecule has 0 aliphatic heterocycles. The van der Waals surface area contributed by atoms with Gasteiger partial charge in [-0.15, -0.1) is 0 Å². The third-order valence-corrected chi connectivity index (χ3v) is 3.64. The van der Waals surface area contributed by atoms with Crippen LogP contribution >= 0.6 is 0 Å². The van der Waals surface area contributed by atoms with Crippen molar-refractivity contribution in [2.45, 2.75) is 37.8 Å². The number of carbonyl (C=O) groups excluding carboxylic acids is 2. The van der Waals surface area contributed by atoms with Gasteiger partial charge in [-0.2, -0.15) is 0 Å². The summed E-state index contributed by atoms with van der Waals surface area (Å²) in [6, 6.07) is 7.47. The van der Waals surface area contributed by atoms with E-state index in [1.807, 2.05) is 24.3 Å². The maximum atomic E-state index is 11.7. The van der Waals surface area contributed by atoms with E-state index < -0.39 is 5.54 Å². The van der Waals surface area contributed by atoms with Crippen LogP contribution in [0.2, 0.25) is 0 Å². The molecule has 1 aliphatic carbocycles. The first-order valence-corrected chi connectivity index (χ1v) is 7.39. The number of methoxy groups -OCH3 is 1. The minimum absolute atomic E-state index is 0.0874. The summed E-state index contributed by atoms with van der Waals surface area (Å²) in [5.41, 5.74) is 6.16. The molecule has 0 heterocycles. The van der Waals surface area contributed by atoms with Crippen LogP contribution in [0.4, 0.5) is 0 Å². The van der Waals surface area contributed by atoms with E-state index in [1.165, 1.54) is 7.11 Å². The average Bonchev–Trinajstić information content (AvgIpc) is 3.29. The summed E-state index contributed by atoms with van der Waals surface area (Å²) >= 11 is 0. The Morgan fingerprint density at radius 2 is 1.95 bits per heavy atom. The van der Waals surface area contributed by atoms with E-state index in [4.69, 9.17) is 10.5 Å². The lowest BCUT2D eigenvalue weighted by Gasteiger charge is -2.10. The van der Waals surface area contributed by atoms with Gasteiger partial charge in [0.15, 0.2) is 0 Å². The van der Waals surface area contributed by atoms with E-state index in [0.29, 0.717) is 26.0 Å². The Hall–Kier alpha value is -2.08. The van der Waals surface area contributed by atoms with Gasteiger partial charge in [-0.3, -0.25) is 9.59 Å². The van der Waals surface area contributed by atoms with Crippen molar-refractivity contribution in [3.8, 4) is 5.75 Å². The predicted octanol–water partition coefficient (Wildman–Crippen LogP) is 1.13. The third kappa shape index (κ3) is 4.73. The van der Waals surface area contributed by atoms with Crippen LogP contribution in [0, 0.1) is 0 Å². The molecule has 1 aromatic rings. The number of benzene rings is 1. The van der Waals surface area contributed by atoms with Gasteiger partial charge in [0.2, 0.25) is 5.91 Å². The molecule has 0 bridgehead atoms. The number of rotatable bonds is 8. The highest BCUT2D eigenvalue weighted by atomic mass is 16.5. The first kappa shape index (κ1) is 16.3. The second kappa shape index (κ2) is 7.26. The maximum Gasteiger partial charge on any atom is 0.305 e. The standard InChI is InChI=1S/C16H22N2O4/c1-21-14(19)3-2-10-22-13-6-4-12(5-7-13)11-18-15(20)16(17)8-9-16/h4-7H,2-3,8-11,17H2,1H3,(H,18,20). The Bertz CT molecular complexity index is 523. The van der Waals surface area contributed by atoms with Crippen molar-refractivity contribution in [3.05, 3.63) is 29.8 Å². The molecule has 120 valence electrons. The number of hydrogen-bond acceptors (Lipinski definition) is 5. The summed E-state index contributed by atoms with van der Waals surface area (Å²) in [6.07, 6.45) is 2.49. The summed E-state index contributed by atoms with van der Waals surface area (Å²) in [5.74, 6) is 0.413. The van der Waals surface area contributed by atoms with Gasteiger partial charge in [0.25, 0.3) is 0 Å². The monoisotopic (exact) mass is 306 g/mol. The minimum Gasteiger partial charge on any atom is -0.494 e. The minimum atomic E-state index is -0.636. The summed E-state index contributed by atoms with van der Waals surface area (Å²) < 4.78 is 10.1. The Labute approximate surface area is 130 Å². The largest absolute Gasteiger partial charge is 0.494 e. The zero-order valence-electron chi connectivity index (χ0n) is 12.8. The lowest BCUT2D eigenvalue weighted by molar-refractivity contribution is -0.140. The Kier molecular flexibility index (Phi) is 5.38. The van der Waals surface area contributed by atoms with Crippen LogP contribution in [0.15, 0.2) is 24.3 Å². The molecular formula is C16H22N2O4. The third-order valence-electron chi connectivity index (χ3n) is 3.64. The van der Waals surface area contributed by atoms with Gasteiger partial charge >= 0.3 is 5.97 Å². The molecule has 1 saturated carbocycles. The molecule has 0 aromatic heterocycles. The van der Waals surface area contributed by atoms with E-state index in [9.17, 15) is 9.59 Å². The number of hydrogen-bond donors (Lipinski definition) is 2. The fourth-order valence-corrected chi connectivity index (χ4v) is 1.93. The van der Waals surface area contributed by atoms with Crippen LogP contribution in [0.5, 0.6) is 5.75 Å². The predicted molar refractivity (Wildman–Crippen MR) is 81.2 cm³/mol. The van der Waals surface area contributed by atoms with Gasteiger partial charge < -0.3 is 20.5 Å². The van der Waals surface area contributed by atoms with Crippen molar-refractivity contribution in [1.82, 2.24) is 5.32 Å². The normalized spacial score (nSPS) is 15.0. The Morgan fingerprint density at radius 1 is 1.27 bits per heavy atom. The number of amides is 1. The molecule has 0 unspecified atom stereocenters. The van der Waals surface area contributed by atoms with Gasteiger partial charge in [0.1, 0.15) is 5.75 Å². The highest BCUT2D eigenvalue weighted by Crippen LogP contribution is 2.32. The van der Waals surface area contributed by atoms with E-state index in [-0.39, 0.29) is 11.9 Å². The molecular weight excluding hydrogens is 284 g/mol.